The first-order valence-electron chi connectivity index (χ1n) is 7.38. The molecule has 0 radical (unpaired) electrons. The van der Waals surface area contributed by atoms with Crippen molar-refractivity contribution >= 4 is 12.1 Å². The van der Waals surface area contributed by atoms with Crippen LogP contribution in [0, 0.1) is 0 Å². The maximum absolute atomic E-state index is 10.3. The van der Waals surface area contributed by atoms with Crippen molar-refractivity contribution in [3.05, 3.63) is 54.1 Å². The first-order valence-corrected chi connectivity index (χ1v) is 7.38. The highest BCUT2D eigenvalue weighted by atomic mass is 16.5. The van der Waals surface area contributed by atoms with E-state index in [0.29, 0.717) is 13.0 Å². The van der Waals surface area contributed by atoms with E-state index in [0.717, 1.165) is 36.4 Å². The lowest BCUT2D eigenvalue weighted by molar-refractivity contribution is -0.105. The summed E-state index contributed by atoms with van der Waals surface area (Å²) in [4.78, 5) is 10.3. The number of benzene rings is 2. The van der Waals surface area contributed by atoms with Gasteiger partial charge in [0.2, 0.25) is 6.41 Å². The van der Waals surface area contributed by atoms with Gasteiger partial charge in [-0.2, -0.15) is 0 Å². The van der Waals surface area contributed by atoms with Crippen LogP contribution in [0.3, 0.4) is 0 Å². The number of carbonyl (C=O) groups is 1. The molecule has 0 aromatic heterocycles. The van der Waals surface area contributed by atoms with Crippen LogP contribution in [0.2, 0.25) is 0 Å². The molecule has 0 aliphatic rings. The highest BCUT2D eigenvalue weighted by Crippen LogP contribution is 2.19. The Morgan fingerprint density at radius 3 is 2.55 bits per heavy atom. The smallest absolute Gasteiger partial charge is 0.211 e. The monoisotopic (exact) mass is 299 g/mol. The summed E-state index contributed by atoms with van der Waals surface area (Å²) in [6.07, 6.45) is 3.74. The van der Waals surface area contributed by atoms with E-state index >= 15 is 0 Å². The maximum atomic E-state index is 10.3. The molecule has 0 aliphatic carbocycles. The van der Waals surface area contributed by atoms with E-state index < -0.39 is 0 Å². The summed E-state index contributed by atoms with van der Waals surface area (Å²) in [5.41, 5.74) is 2.08. The van der Waals surface area contributed by atoms with Gasteiger partial charge in [-0.15, -0.1) is 0 Å². The largest absolute Gasteiger partial charge is 0.497 e. The summed E-state index contributed by atoms with van der Waals surface area (Å²) >= 11 is 0. The van der Waals surface area contributed by atoms with Gasteiger partial charge in [0.25, 0.3) is 0 Å². The number of hydrogen-bond donors (Lipinski definition) is 1. The number of amides is 1. The van der Waals surface area contributed by atoms with Crippen LogP contribution in [-0.4, -0.2) is 20.1 Å². The Balaban J connectivity index is 1.67. The Kier molecular flexibility index (Phi) is 6.30. The molecule has 0 fully saturated rings. The van der Waals surface area contributed by atoms with E-state index in [2.05, 4.69) is 5.32 Å². The van der Waals surface area contributed by atoms with Crippen molar-refractivity contribution in [1.29, 1.82) is 0 Å². The average molecular weight is 299 g/mol. The topological polar surface area (TPSA) is 47.6 Å². The van der Waals surface area contributed by atoms with Crippen LogP contribution in [0.4, 0.5) is 5.69 Å². The molecule has 0 spiro atoms. The molecule has 1 N–H and O–H groups in total. The van der Waals surface area contributed by atoms with E-state index in [4.69, 9.17) is 9.47 Å². The third kappa shape index (κ3) is 5.13. The summed E-state index contributed by atoms with van der Waals surface area (Å²) in [5, 5.41) is 2.63. The number of anilines is 1. The van der Waals surface area contributed by atoms with Crippen molar-refractivity contribution in [2.45, 2.75) is 19.3 Å². The van der Waals surface area contributed by atoms with E-state index in [9.17, 15) is 4.79 Å². The van der Waals surface area contributed by atoms with Crippen LogP contribution in [0.25, 0.3) is 0 Å². The lowest BCUT2D eigenvalue weighted by atomic mass is 10.1. The third-order valence-corrected chi connectivity index (χ3v) is 3.35. The minimum Gasteiger partial charge on any atom is -0.497 e. The molecule has 0 heterocycles. The molecule has 0 aliphatic heterocycles. The maximum Gasteiger partial charge on any atom is 0.211 e. The number of hydrogen-bond acceptors (Lipinski definition) is 3. The van der Waals surface area contributed by atoms with Gasteiger partial charge < -0.3 is 14.8 Å². The Morgan fingerprint density at radius 2 is 1.82 bits per heavy atom. The number of methoxy groups -OCH3 is 1. The molecule has 22 heavy (non-hydrogen) atoms. The minimum absolute atomic E-state index is 0.685. The minimum atomic E-state index is 0.685. The summed E-state index contributed by atoms with van der Waals surface area (Å²) in [7, 11) is 1.65. The number of ether oxygens (including phenoxy) is 2. The second-order valence-electron chi connectivity index (χ2n) is 4.94. The Labute approximate surface area is 131 Å². The van der Waals surface area contributed by atoms with Gasteiger partial charge in [0.1, 0.15) is 11.5 Å². The zero-order valence-electron chi connectivity index (χ0n) is 12.7. The predicted molar refractivity (Wildman–Crippen MR) is 87.6 cm³/mol. The van der Waals surface area contributed by atoms with Gasteiger partial charge in [-0.1, -0.05) is 18.2 Å². The van der Waals surface area contributed by atoms with E-state index in [1.54, 1.807) is 7.11 Å². The van der Waals surface area contributed by atoms with Gasteiger partial charge in [-0.3, -0.25) is 4.79 Å². The quantitative estimate of drug-likeness (QED) is 0.568. The summed E-state index contributed by atoms with van der Waals surface area (Å²) in [5.74, 6) is 1.64. The Bertz CT molecular complexity index is 581. The number of nitrogens with one attached hydrogen (secondary N) is 1. The molecule has 4 heteroatoms. The molecule has 0 atom stereocenters. The summed E-state index contributed by atoms with van der Waals surface area (Å²) in [6.45, 7) is 0.692. The Morgan fingerprint density at radius 1 is 1.05 bits per heavy atom. The molecule has 2 rings (SSSR count). The molecule has 4 nitrogen and oxygen atoms in total. The van der Waals surface area contributed by atoms with Gasteiger partial charge in [0.15, 0.2) is 0 Å². The molecular weight excluding hydrogens is 278 g/mol. The summed E-state index contributed by atoms with van der Waals surface area (Å²) in [6, 6.07) is 15.5. The van der Waals surface area contributed by atoms with Crippen LogP contribution in [0.1, 0.15) is 18.4 Å². The fourth-order valence-corrected chi connectivity index (χ4v) is 2.15. The molecule has 116 valence electrons. The molecule has 0 saturated heterocycles. The third-order valence-electron chi connectivity index (χ3n) is 3.35. The van der Waals surface area contributed by atoms with Crippen molar-refractivity contribution < 1.29 is 14.3 Å². The van der Waals surface area contributed by atoms with Crippen molar-refractivity contribution in [1.82, 2.24) is 0 Å². The molecule has 2 aromatic carbocycles. The van der Waals surface area contributed by atoms with Crippen LogP contribution < -0.4 is 14.8 Å². The zero-order valence-corrected chi connectivity index (χ0v) is 12.7. The number of unbranched alkanes of at least 4 members (excludes halogenated alkanes) is 1. The van der Waals surface area contributed by atoms with E-state index in [-0.39, 0.29) is 0 Å². The lowest BCUT2D eigenvalue weighted by Gasteiger charge is -2.08. The first-order chi connectivity index (χ1) is 10.8. The number of carbonyl (C=O) groups excluding carboxylic acids is 1. The van der Waals surface area contributed by atoms with Crippen LogP contribution in [0.5, 0.6) is 11.5 Å². The van der Waals surface area contributed by atoms with Crippen molar-refractivity contribution in [2.24, 2.45) is 0 Å². The molecule has 0 saturated carbocycles. The highest BCUT2D eigenvalue weighted by molar-refractivity contribution is 5.71. The fraction of sp³-hybridized carbons (Fsp3) is 0.278. The molecule has 0 unspecified atom stereocenters. The molecule has 1 amide bonds. The highest BCUT2D eigenvalue weighted by Gasteiger charge is 1.98. The normalized spacial score (nSPS) is 10.0. The van der Waals surface area contributed by atoms with Gasteiger partial charge in [-0.05, 0) is 49.1 Å². The second-order valence-corrected chi connectivity index (χ2v) is 4.94. The van der Waals surface area contributed by atoms with Crippen molar-refractivity contribution in [3.8, 4) is 11.5 Å². The van der Waals surface area contributed by atoms with Crippen LogP contribution in [0.15, 0.2) is 48.5 Å². The number of aryl methyl sites for hydroxylation is 1. The van der Waals surface area contributed by atoms with Gasteiger partial charge in [-0.25, -0.2) is 0 Å². The standard InChI is InChI=1S/C18H21NO3/c1-21-17-6-4-7-18(13-17)22-12-3-2-5-15-8-10-16(11-9-15)19-14-20/h4,6-11,13-14H,2-3,5,12H2,1H3,(H,19,20). The van der Waals surface area contributed by atoms with Gasteiger partial charge >= 0.3 is 0 Å². The zero-order chi connectivity index (χ0) is 15.6. The van der Waals surface area contributed by atoms with Crippen molar-refractivity contribution in [3.63, 3.8) is 0 Å². The van der Waals surface area contributed by atoms with E-state index in [1.807, 2.05) is 48.5 Å². The summed E-state index contributed by atoms with van der Waals surface area (Å²) < 4.78 is 10.9. The predicted octanol–water partition coefficient (Wildman–Crippen LogP) is 3.67. The average Bonchev–Trinajstić information content (AvgIpc) is 2.56. The number of rotatable bonds is 9. The van der Waals surface area contributed by atoms with Crippen LogP contribution >= 0.6 is 0 Å². The lowest BCUT2D eigenvalue weighted by Crippen LogP contribution is -1.99. The molecular formula is C18H21NO3. The van der Waals surface area contributed by atoms with Gasteiger partial charge in [0.05, 0.1) is 13.7 Å². The Hall–Kier alpha value is -2.49. The molecule has 2 aromatic rings. The SMILES string of the molecule is COc1cccc(OCCCCc2ccc(NC=O)cc2)c1. The second kappa shape index (κ2) is 8.72. The molecule has 0 bridgehead atoms. The van der Waals surface area contributed by atoms with Crippen LogP contribution in [-0.2, 0) is 11.2 Å². The van der Waals surface area contributed by atoms with E-state index in [1.165, 1.54) is 5.56 Å². The van der Waals surface area contributed by atoms with Gasteiger partial charge in [0, 0.05) is 11.8 Å². The fourth-order valence-electron chi connectivity index (χ4n) is 2.15. The first kappa shape index (κ1) is 15.9. The van der Waals surface area contributed by atoms with Crippen molar-refractivity contribution in [2.75, 3.05) is 19.0 Å².